The Balaban J connectivity index is 1.64. The van der Waals surface area contributed by atoms with Crippen LogP contribution in [-0.2, 0) is 11.8 Å². The number of carbonyl (C=O) groups excluding carboxylic acids is 1. The number of rotatable bonds is 2. The van der Waals surface area contributed by atoms with Crippen molar-refractivity contribution in [3.05, 3.63) is 41.5 Å². The molecule has 1 unspecified atom stereocenters. The molecule has 1 aliphatic carbocycles. The van der Waals surface area contributed by atoms with Gasteiger partial charge < -0.3 is 9.80 Å². The first-order valence-electron chi connectivity index (χ1n) is 8.69. The Kier molecular flexibility index (Phi) is 3.86. The summed E-state index contributed by atoms with van der Waals surface area (Å²) in [7, 11) is 3.91. The molecule has 4 rings (SSSR count). The number of aryl methyl sites for hydroxylation is 1. The molecule has 1 atom stereocenters. The molecule has 0 N–H and O–H groups in total. The molecule has 0 aromatic carbocycles. The topological polar surface area (TPSA) is 75.1 Å². The van der Waals surface area contributed by atoms with E-state index in [-0.39, 0.29) is 11.3 Å². The SMILES string of the molecule is CN(C)c1ncc2c(n1)C1(CCCN(C(=O)c3ccnnc3)C1)CC2. The van der Waals surface area contributed by atoms with Crippen molar-refractivity contribution in [2.75, 3.05) is 32.1 Å². The lowest BCUT2D eigenvalue weighted by molar-refractivity contribution is 0.0633. The molecule has 2 aromatic rings. The van der Waals surface area contributed by atoms with Crippen molar-refractivity contribution in [2.24, 2.45) is 0 Å². The number of piperidine rings is 1. The summed E-state index contributed by atoms with van der Waals surface area (Å²) in [5, 5.41) is 7.59. The van der Waals surface area contributed by atoms with Crippen molar-refractivity contribution < 1.29 is 4.79 Å². The van der Waals surface area contributed by atoms with Gasteiger partial charge in [-0.1, -0.05) is 0 Å². The highest BCUT2D eigenvalue weighted by molar-refractivity contribution is 5.94. The van der Waals surface area contributed by atoms with Gasteiger partial charge in [0.15, 0.2) is 0 Å². The van der Waals surface area contributed by atoms with E-state index in [1.54, 1.807) is 18.5 Å². The van der Waals surface area contributed by atoms with Crippen LogP contribution < -0.4 is 4.90 Å². The molecule has 7 nitrogen and oxygen atoms in total. The highest BCUT2D eigenvalue weighted by Crippen LogP contribution is 2.44. The molecule has 25 heavy (non-hydrogen) atoms. The molecule has 1 amide bonds. The van der Waals surface area contributed by atoms with E-state index in [0.717, 1.165) is 43.9 Å². The fourth-order valence-corrected chi connectivity index (χ4v) is 4.05. The number of hydrogen-bond acceptors (Lipinski definition) is 6. The minimum Gasteiger partial charge on any atom is -0.347 e. The standard InChI is InChI=1S/C18H22N6O/c1-23(2)17-19-10-13-4-7-18(15(13)22-17)6-3-9-24(12-18)16(25)14-5-8-20-21-11-14/h5,8,10-11H,3-4,6-7,9,12H2,1-2H3. The zero-order chi connectivity index (χ0) is 17.4. The van der Waals surface area contributed by atoms with Gasteiger partial charge in [-0.15, -0.1) is 0 Å². The van der Waals surface area contributed by atoms with E-state index in [1.807, 2.05) is 30.1 Å². The van der Waals surface area contributed by atoms with E-state index in [0.29, 0.717) is 12.1 Å². The predicted octanol–water partition coefficient (Wildman–Crippen LogP) is 1.45. The van der Waals surface area contributed by atoms with Gasteiger partial charge in [-0.2, -0.15) is 10.2 Å². The number of hydrogen-bond donors (Lipinski definition) is 0. The number of anilines is 1. The minimum atomic E-state index is -0.0442. The Morgan fingerprint density at radius 2 is 2.12 bits per heavy atom. The van der Waals surface area contributed by atoms with Gasteiger partial charge in [-0.3, -0.25) is 4.79 Å². The largest absolute Gasteiger partial charge is 0.347 e. The fraction of sp³-hybridized carbons (Fsp3) is 0.500. The molecule has 130 valence electrons. The molecule has 7 heteroatoms. The second-order valence-electron chi connectivity index (χ2n) is 7.18. The molecular formula is C18H22N6O. The van der Waals surface area contributed by atoms with E-state index >= 15 is 0 Å². The summed E-state index contributed by atoms with van der Waals surface area (Å²) in [5.41, 5.74) is 2.92. The van der Waals surface area contributed by atoms with E-state index in [1.165, 1.54) is 5.56 Å². The van der Waals surface area contributed by atoms with Gasteiger partial charge in [-0.05, 0) is 37.3 Å². The summed E-state index contributed by atoms with van der Waals surface area (Å²) in [5.74, 6) is 0.770. The van der Waals surface area contributed by atoms with Crippen LogP contribution in [0.15, 0.2) is 24.7 Å². The van der Waals surface area contributed by atoms with Crippen LogP contribution in [0.2, 0.25) is 0 Å². The lowest BCUT2D eigenvalue weighted by atomic mass is 9.77. The summed E-state index contributed by atoms with van der Waals surface area (Å²) < 4.78 is 0. The van der Waals surface area contributed by atoms with Crippen molar-refractivity contribution in [3.8, 4) is 0 Å². The predicted molar refractivity (Wildman–Crippen MR) is 93.5 cm³/mol. The average molecular weight is 338 g/mol. The molecule has 2 aromatic heterocycles. The van der Waals surface area contributed by atoms with Gasteiger partial charge in [0.25, 0.3) is 5.91 Å². The maximum Gasteiger partial charge on any atom is 0.255 e. The molecular weight excluding hydrogens is 316 g/mol. The van der Waals surface area contributed by atoms with Crippen molar-refractivity contribution in [2.45, 2.75) is 31.1 Å². The number of likely N-dealkylation sites (tertiary alicyclic amines) is 1. The molecule has 1 spiro atoms. The monoisotopic (exact) mass is 338 g/mol. The van der Waals surface area contributed by atoms with Crippen LogP contribution >= 0.6 is 0 Å². The summed E-state index contributed by atoms with van der Waals surface area (Å²) in [6.45, 7) is 1.49. The maximum absolute atomic E-state index is 12.8. The van der Waals surface area contributed by atoms with Crippen molar-refractivity contribution >= 4 is 11.9 Å². The zero-order valence-corrected chi connectivity index (χ0v) is 14.6. The van der Waals surface area contributed by atoms with Gasteiger partial charge in [-0.25, -0.2) is 9.97 Å². The molecule has 3 heterocycles. The number of fused-ring (bicyclic) bond motifs is 2. The third-order valence-electron chi connectivity index (χ3n) is 5.32. The van der Waals surface area contributed by atoms with Gasteiger partial charge in [0.2, 0.25) is 5.95 Å². The minimum absolute atomic E-state index is 0.0318. The van der Waals surface area contributed by atoms with Gasteiger partial charge in [0.1, 0.15) is 0 Å². The summed E-state index contributed by atoms with van der Waals surface area (Å²) in [4.78, 5) is 26.0. The van der Waals surface area contributed by atoms with Crippen LogP contribution in [0.4, 0.5) is 5.95 Å². The van der Waals surface area contributed by atoms with E-state index in [9.17, 15) is 4.79 Å². The summed E-state index contributed by atoms with van der Waals surface area (Å²) in [6, 6.07) is 1.73. The van der Waals surface area contributed by atoms with Crippen LogP contribution in [0.5, 0.6) is 0 Å². The highest BCUT2D eigenvalue weighted by Gasteiger charge is 2.45. The number of amides is 1. The second-order valence-corrected chi connectivity index (χ2v) is 7.18. The third kappa shape index (κ3) is 2.73. The van der Waals surface area contributed by atoms with Crippen LogP contribution in [0.1, 0.15) is 40.9 Å². The number of nitrogens with zero attached hydrogens (tertiary/aromatic N) is 6. The second kappa shape index (κ2) is 6.06. The Bertz CT molecular complexity index is 789. The summed E-state index contributed by atoms with van der Waals surface area (Å²) in [6.07, 6.45) is 9.15. The molecule has 0 radical (unpaired) electrons. The van der Waals surface area contributed by atoms with E-state index in [4.69, 9.17) is 4.98 Å². The lowest BCUT2D eigenvalue weighted by Gasteiger charge is -2.40. The Morgan fingerprint density at radius 1 is 1.24 bits per heavy atom. The molecule has 0 saturated carbocycles. The zero-order valence-electron chi connectivity index (χ0n) is 14.6. The Labute approximate surface area is 147 Å². The van der Waals surface area contributed by atoms with Gasteiger partial charge >= 0.3 is 0 Å². The first-order valence-corrected chi connectivity index (χ1v) is 8.69. The fourth-order valence-electron chi connectivity index (χ4n) is 4.05. The Hall–Kier alpha value is -2.57. The van der Waals surface area contributed by atoms with Gasteiger partial charge in [0.05, 0.1) is 23.7 Å². The third-order valence-corrected chi connectivity index (χ3v) is 5.32. The number of carbonyl (C=O) groups is 1. The number of aromatic nitrogens is 4. The first-order chi connectivity index (χ1) is 12.1. The van der Waals surface area contributed by atoms with Crippen molar-refractivity contribution in [3.63, 3.8) is 0 Å². The smallest absolute Gasteiger partial charge is 0.255 e. The lowest BCUT2D eigenvalue weighted by Crippen LogP contribution is -2.48. The quantitative estimate of drug-likeness (QED) is 0.825. The van der Waals surface area contributed by atoms with E-state index < -0.39 is 0 Å². The molecule has 1 aliphatic heterocycles. The van der Waals surface area contributed by atoms with Crippen LogP contribution in [0, 0.1) is 0 Å². The van der Waals surface area contributed by atoms with Crippen LogP contribution in [0.25, 0.3) is 0 Å². The van der Waals surface area contributed by atoms with Crippen molar-refractivity contribution in [1.29, 1.82) is 0 Å². The first kappa shape index (κ1) is 15.9. The maximum atomic E-state index is 12.8. The van der Waals surface area contributed by atoms with Crippen LogP contribution in [-0.4, -0.2) is 58.2 Å². The average Bonchev–Trinajstić information content (AvgIpc) is 2.99. The normalized spacial score (nSPS) is 22.1. The molecule has 0 bridgehead atoms. The molecule has 1 saturated heterocycles. The Morgan fingerprint density at radius 3 is 2.88 bits per heavy atom. The van der Waals surface area contributed by atoms with Crippen molar-refractivity contribution in [1.82, 2.24) is 25.1 Å². The molecule has 1 fully saturated rings. The van der Waals surface area contributed by atoms with E-state index in [2.05, 4.69) is 15.2 Å². The molecule has 2 aliphatic rings. The van der Waals surface area contributed by atoms with Gasteiger partial charge in [0, 0.05) is 38.8 Å². The highest BCUT2D eigenvalue weighted by atomic mass is 16.2. The summed E-state index contributed by atoms with van der Waals surface area (Å²) >= 11 is 0. The van der Waals surface area contributed by atoms with Crippen LogP contribution in [0.3, 0.4) is 0 Å².